The number of aromatic nitrogens is 1. The number of hydrogen-bond donors (Lipinski definition) is 3. The summed E-state index contributed by atoms with van der Waals surface area (Å²) in [6.45, 7) is 23.5. The van der Waals surface area contributed by atoms with E-state index in [1.807, 2.05) is 26.2 Å². The van der Waals surface area contributed by atoms with Gasteiger partial charge in [-0.3, -0.25) is 9.78 Å². The van der Waals surface area contributed by atoms with Crippen molar-refractivity contribution in [2.75, 3.05) is 12.8 Å². The van der Waals surface area contributed by atoms with Crippen molar-refractivity contribution in [2.24, 2.45) is 11.7 Å². The number of benzene rings is 1. The van der Waals surface area contributed by atoms with E-state index in [0.717, 1.165) is 50.8 Å². The van der Waals surface area contributed by atoms with Crippen LogP contribution in [0.3, 0.4) is 0 Å². The Bertz CT molecular complexity index is 967. The standard InChI is InChI=1S/C16H21N.C8H15NS.C5H10N2O.C2H6/c1-5-7-14-10-11(3)15-9-8-13(6-2)12(4)16(15)17-14;1-5-8(6-2)7(3)9-10-4;6-5(8)4-2-1-3-7-4;1-2/h8-10H,5-7H2,1-4H3;5,8-9H,1,3,6H2,2,4H3;4,7H,1-3H2,(H2,6,8);1-2H3. The summed E-state index contributed by atoms with van der Waals surface area (Å²) in [7, 11) is 0. The summed E-state index contributed by atoms with van der Waals surface area (Å²) < 4.78 is 3.10. The minimum Gasteiger partial charge on any atom is -0.368 e. The predicted molar refractivity (Wildman–Crippen MR) is 166 cm³/mol. The van der Waals surface area contributed by atoms with Crippen LogP contribution >= 0.6 is 11.9 Å². The Morgan fingerprint density at radius 3 is 2.41 bits per heavy atom. The Labute approximate surface area is 231 Å². The molecule has 1 saturated heterocycles. The molecule has 5 nitrogen and oxygen atoms in total. The van der Waals surface area contributed by atoms with Gasteiger partial charge in [0, 0.05) is 29.0 Å². The van der Waals surface area contributed by atoms with Crippen molar-refractivity contribution >= 4 is 28.8 Å². The average Bonchev–Trinajstić information content (AvgIpc) is 3.44. The number of primary amides is 1. The first kappa shape index (κ1) is 34.7. The molecule has 1 fully saturated rings. The second-order valence-corrected chi connectivity index (χ2v) is 9.53. The Balaban J connectivity index is 0.000000554. The zero-order valence-electron chi connectivity index (χ0n) is 24.7. The molecular weight excluding hydrogens is 476 g/mol. The van der Waals surface area contributed by atoms with Gasteiger partial charge in [0.2, 0.25) is 5.91 Å². The van der Waals surface area contributed by atoms with Crippen LogP contribution in [-0.4, -0.2) is 29.7 Å². The lowest BCUT2D eigenvalue weighted by molar-refractivity contribution is -0.119. The molecule has 1 aliphatic heterocycles. The number of aryl methyl sites for hydroxylation is 4. The van der Waals surface area contributed by atoms with Crippen LogP contribution in [-0.2, 0) is 17.6 Å². The van der Waals surface area contributed by atoms with Crippen molar-refractivity contribution in [3.8, 4) is 0 Å². The quantitative estimate of drug-likeness (QED) is 0.237. The summed E-state index contributed by atoms with van der Waals surface area (Å²) in [4.78, 5) is 15.2. The highest BCUT2D eigenvalue weighted by Gasteiger charge is 2.18. The van der Waals surface area contributed by atoms with Crippen LogP contribution in [0.25, 0.3) is 10.9 Å². The largest absolute Gasteiger partial charge is 0.368 e. The lowest BCUT2D eigenvalue weighted by Gasteiger charge is -2.12. The molecule has 2 atom stereocenters. The van der Waals surface area contributed by atoms with Crippen LogP contribution in [0.15, 0.2) is 43.1 Å². The number of carbonyl (C=O) groups is 1. The molecule has 0 radical (unpaired) electrons. The highest BCUT2D eigenvalue weighted by atomic mass is 32.2. The van der Waals surface area contributed by atoms with E-state index in [-0.39, 0.29) is 11.9 Å². The summed E-state index contributed by atoms with van der Waals surface area (Å²) >= 11 is 1.57. The number of nitrogens with one attached hydrogen (secondary N) is 2. The monoisotopic (exact) mass is 528 g/mol. The van der Waals surface area contributed by atoms with Gasteiger partial charge in [-0.05, 0) is 75.3 Å². The lowest BCUT2D eigenvalue weighted by Crippen LogP contribution is -2.36. The predicted octanol–water partition coefficient (Wildman–Crippen LogP) is 7.20. The number of nitrogens with zero attached hydrogens (tertiary/aromatic N) is 1. The van der Waals surface area contributed by atoms with Gasteiger partial charge in [0.25, 0.3) is 0 Å². The van der Waals surface area contributed by atoms with Gasteiger partial charge >= 0.3 is 0 Å². The maximum absolute atomic E-state index is 10.4. The summed E-state index contributed by atoms with van der Waals surface area (Å²) in [6, 6.07) is 6.65. The molecule has 37 heavy (non-hydrogen) atoms. The maximum Gasteiger partial charge on any atom is 0.234 e. The number of hydrogen-bond acceptors (Lipinski definition) is 5. The number of amides is 1. The van der Waals surface area contributed by atoms with Crippen molar-refractivity contribution in [3.63, 3.8) is 0 Å². The van der Waals surface area contributed by atoms with Crippen LogP contribution < -0.4 is 15.8 Å². The maximum atomic E-state index is 10.4. The van der Waals surface area contributed by atoms with Crippen LogP contribution in [0, 0.1) is 19.8 Å². The second kappa shape index (κ2) is 19.8. The fraction of sp³-hybridized carbons (Fsp3) is 0.548. The molecule has 1 aromatic heterocycles. The van der Waals surface area contributed by atoms with Crippen LogP contribution in [0.2, 0.25) is 0 Å². The first-order valence-electron chi connectivity index (χ1n) is 13.8. The number of carbonyl (C=O) groups excluding carboxylic acids is 1. The molecule has 0 aliphatic carbocycles. The summed E-state index contributed by atoms with van der Waals surface area (Å²) in [5.74, 6) is 0.190. The van der Waals surface area contributed by atoms with Gasteiger partial charge in [-0.25, -0.2) is 0 Å². The third-order valence-electron chi connectivity index (χ3n) is 6.30. The van der Waals surface area contributed by atoms with Gasteiger partial charge in [0.05, 0.1) is 11.6 Å². The van der Waals surface area contributed by atoms with Gasteiger partial charge in [0.1, 0.15) is 0 Å². The summed E-state index contributed by atoms with van der Waals surface area (Å²) in [6.07, 6.45) is 10.3. The zero-order chi connectivity index (χ0) is 28.4. The Hall–Kier alpha value is -2.31. The third-order valence-corrected chi connectivity index (χ3v) is 6.77. The van der Waals surface area contributed by atoms with Gasteiger partial charge in [-0.1, -0.05) is 77.8 Å². The van der Waals surface area contributed by atoms with E-state index in [1.54, 1.807) is 11.9 Å². The van der Waals surface area contributed by atoms with E-state index >= 15 is 0 Å². The third kappa shape index (κ3) is 11.7. The number of allylic oxidation sites excluding steroid dienone is 1. The molecular formula is C31H52N4OS. The van der Waals surface area contributed by atoms with E-state index in [9.17, 15) is 4.79 Å². The van der Waals surface area contributed by atoms with Gasteiger partial charge in [-0.15, -0.1) is 6.58 Å². The smallest absolute Gasteiger partial charge is 0.234 e. The van der Waals surface area contributed by atoms with Crippen molar-refractivity contribution < 1.29 is 4.79 Å². The molecule has 1 amide bonds. The second-order valence-electron chi connectivity index (χ2n) is 8.91. The van der Waals surface area contributed by atoms with Crippen molar-refractivity contribution in [3.05, 3.63) is 65.5 Å². The molecule has 2 heterocycles. The summed E-state index contributed by atoms with van der Waals surface area (Å²) in [5.41, 5.74) is 12.6. The first-order chi connectivity index (χ1) is 17.7. The molecule has 0 bridgehead atoms. The Kier molecular flexibility index (Phi) is 18.5. The van der Waals surface area contributed by atoms with Crippen LogP contribution in [0.5, 0.6) is 0 Å². The molecule has 3 rings (SSSR count). The molecule has 4 N–H and O–H groups in total. The Morgan fingerprint density at radius 1 is 1.30 bits per heavy atom. The number of fused-ring (bicyclic) bond motifs is 1. The first-order valence-corrected chi connectivity index (χ1v) is 15.0. The molecule has 0 saturated carbocycles. The Morgan fingerprint density at radius 2 is 1.97 bits per heavy atom. The average molecular weight is 529 g/mol. The van der Waals surface area contributed by atoms with Crippen molar-refractivity contribution in [1.29, 1.82) is 0 Å². The van der Waals surface area contributed by atoms with E-state index < -0.39 is 0 Å². The highest BCUT2D eigenvalue weighted by Crippen LogP contribution is 2.24. The van der Waals surface area contributed by atoms with Gasteiger partial charge < -0.3 is 15.8 Å². The van der Waals surface area contributed by atoms with Crippen molar-refractivity contribution in [2.45, 2.75) is 93.0 Å². The van der Waals surface area contributed by atoms with Gasteiger partial charge in [-0.2, -0.15) is 0 Å². The van der Waals surface area contributed by atoms with E-state index in [0.29, 0.717) is 5.92 Å². The minimum absolute atomic E-state index is 0.0463. The molecule has 1 aromatic carbocycles. The fourth-order valence-electron chi connectivity index (χ4n) is 4.16. The molecule has 6 heteroatoms. The van der Waals surface area contributed by atoms with E-state index in [2.05, 4.69) is 76.0 Å². The van der Waals surface area contributed by atoms with E-state index in [1.165, 1.54) is 33.3 Å². The normalized spacial score (nSPS) is 14.6. The van der Waals surface area contributed by atoms with E-state index in [4.69, 9.17) is 10.7 Å². The SMILES string of the molecule is C=CC(CC)C(=C)NSC.CC.CCCc1cc(C)c2ccc(CC)c(C)c2n1.NC(=O)C1CCCN1. The molecule has 0 spiro atoms. The van der Waals surface area contributed by atoms with Crippen LogP contribution in [0.4, 0.5) is 0 Å². The number of nitrogens with two attached hydrogens (primary N) is 1. The summed E-state index contributed by atoms with van der Waals surface area (Å²) in [5, 5.41) is 4.29. The molecule has 208 valence electrons. The zero-order valence-corrected chi connectivity index (χ0v) is 25.5. The highest BCUT2D eigenvalue weighted by molar-refractivity contribution is 7.96. The minimum atomic E-state index is -0.220. The number of pyridine rings is 1. The van der Waals surface area contributed by atoms with Crippen LogP contribution in [0.1, 0.15) is 82.7 Å². The van der Waals surface area contributed by atoms with Gasteiger partial charge in [0.15, 0.2) is 0 Å². The fourth-order valence-corrected chi connectivity index (χ4v) is 4.58. The van der Waals surface area contributed by atoms with Crippen molar-refractivity contribution in [1.82, 2.24) is 15.0 Å². The molecule has 2 aromatic rings. The lowest BCUT2D eigenvalue weighted by atomic mass is 9.99. The molecule has 2 unspecified atom stereocenters. The molecule has 1 aliphatic rings. The number of rotatable bonds is 9. The topological polar surface area (TPSA) is 80.0 Å².